The van der Waals surface area contributed by atoms with Crippen molar-refractivity contribution in [2.24, 2.45) is 0 Å². The van der Waals surface area contributed by atoms with Crippen LogP contribution in [0.5, 0.6) is 0 Å². The molecule has 6 nitrogen and oxygen atoms in total. The summed E-state index contributed by atoms with van der Waals surface area (Å²) in [6.07, 6.45) is 0.0291. The number of carbonyl (C=O) groups is 2. The predicted molar refractivity (Wildman–Crippen MR) is 103 cm³/mol. The highest BCUT2D eigenvalue weighted by atomic mass is 35.5. The number of anilines is 1. The Morgan fingerprint density at radius 1 is 1.27 bits per heavy atom. The number of carbonyl (C=O) groups excluding carboxylic acids is 2. The first-order chi connectivity index (χ1) is 12.3. The average molecular weight is 392 g/mol. The highest BCUT2D eigenvalue weighted by Gasteiger charge is 2.29. The molecular formula is C18H18ClN3O3S. The second-order valence-electron chi connectivity index (χ2n) is 6.16. The maximum Gasteiger partial charge on any atom is 0.253 e. The van der Waals surface area contributed by atoms with Crippen LogP contribution in [-0.4, -0.2) is 22.0 Å². The maximum absolute atomic E-state index is 12.2. The monoisotopic (exact) mass is 391 g/mol. The summed E-state index contributed by atoms with van der Waals surface area (Å²) < 4.78 is 0. The Balaban J connectivity index is 1.63. The molecular weight excluding hydrogens is 374 g/mol. The average Bonchev–Trinajstić information content (AvgIpc) is 2.54. The van der Waals surface area contributed by atoms with Crippen LogP contribution in [0.4, 0.5) is 5.69 Å². The largest absolute Gasteiger partial charge is 0.352 e. The molecule has 0 unspecified atom stereocenters. The molecule has 8 heteroatoms. The van der Waals surface area contributed by atoms with Crippen LogP contribution in [0, 0.1) is 13.8 Å². The van der Waals surface area contributed by atoms with Crippen molar-refractivity contribution in [2.75, 3.05) is 5.32 Å². The number of H-pyrrole nitrogens is 1. The smallest absolute Gasteiger partial charge is 0.253 e. The minimum absolute atomic E-state index is 0.0291. The van der Waals surface area contributed by atoms with E-state index in [1.165, 1.54) is 11.8 Å². The van der Waals surface area contributed by atoms with Gasteiger partial charge in [-0.25, -0.2) is 0 Å². The van der Waals surface area contributed by atoms with Gasteiger partial charge in [0.05, 0.1) is 10.9 Å². The lowest BCUT2D eigenvalue weighted by Crippen LogP contribution is -2.35. The van der Waals surface area contributed by atoms with Crippen LogP contribution in [0.2, 0.25) is 5.02 Å². The molecule has 0 spiro atoms. The zero-order chi connectivity index (χ0) is 18.8. The number of benzene rings is 1. The lowest BCUT2D eigenvalue weighted by atomic mass is 10.1. The summed E-state index contributed by atoms with van der Waals surface area (Å²) in [5, 5.41) is 5.52. The molecule has 0 radical (unpaired) electrons. The molecule has 1 aromatic carbocycles. The Hall–Kier alpha value is -2.25. The summed E-state index contributed by atoms with van der Waals surface area (Å²) >= 11 is 7.26. The number of aryl methyl sites for hydroxylation is 2. The number of amides is 2. The van der Waals surface area contributed by atoms with Crippen LogP contribution in [0.25, 0.3) is 0 Å². The second kappa shape index (κ2) is 7.55. The summed E-state index contributed by atoms with van der Waals surface area (Å²) in [5.41, 5.74) is 2.56. The molecule has 2 aromatic rings. The molecule has 1 aromatic heterocycles. The van der Waals surface area contributed by atoms with Gasteiger partial charge in [0.15, 0.2) is 0 Å². The summed E-state index contributed by atoms with van der Waals surface area (Å²) in [5.74, 6) is -0.515. The third-order valence-electron chi connectivity index (χ3n) is 4.09. The first kappa shape index (κ1) is 18.5. The topological polar surface area (TPSA) is 91.1 Å². The van der Waals surface area contributed by atoms with Gasteiger partial charge in [-0.2, -0.15) is 0 Å². The van der Waals surface area contributed by atoms with Gasteiger partial charge in [0.2, 0.25) is 11.8 Å². The van der Waals surface area contributed by atoms with E-state index in [-0.39, 0.29) is 30.3 Å². The number of thioether (sulfide) groups is 1. The number of hydrogen-bond donors (Lipinski definition) is 3. The van der Waals surface area contributed by atoms with E-state index in [2.05, 4.69) is 15.6 Å². The summed E-state index contributed by atoms with van der Waals surface area (Å²) in [4.78, 5) is 40.1. The fourth-order valence-electron chi connectivity index (χ4n) is 2.79. The molecule has 0 saturated carbocycles. The third kappa shape index (κ3) is 4.11. The lowest BCUT2D eigenvalue weighted by Gasteiger charge is -2.23. The normalized spacial score (nSPS) is 16.0. The number of pyridine rings is 1. The highest BCUT2D eigenvalue weighted by molar-refractivity contribution is 8.01. The van der Waals surface area contributed by atoms with Gasteiger partial charge in [0, 0.05) is 34.1 Å². The van der Waals surface area contributed by atoms with Gasteiger partial charge >= 0.3 is 0 Å². The minimum Gasteiger partial charge on any atom is -0.352 e. The molecule has 136 valence electrons. The van der Waals surface area contributed by atoms with Gasteiger partial charge in [-0.15, -0.1) is 11.8 Å². The van der Waals surface area contributed by atoms with Crippen molar-refractivity contribution in [3.8, 4) is 0 Å². The first-order valence-electron chi connectivity index (χ1n) is 8.06. The number of halogens is 1. The Labute approximate surface area is 159 Å². The SMILES string of the molecule is Cc1cc(C)c(CNC(=O)C[C@H]2Sc3ccc(Cl)cc3NC2=O)c(=O)[nH]1. The Morgan fingerprint density at radius 3 is 2.77 bits per heavy atom. The van der Waals surface area contributed by atoms with E-state index >= 15 is 0 Å². The van der Waals surface area contributed by atoms with E-state index in [0.717, 1.165) is 16.2 Å². The van der Waals surface area contributed by atoms with Crippen LogP contribution in [0.15, 0.2) is 34.0 Å². The van der Waals surface area contributed by atoms with Gasteiger partial charge in [0.1, 0.15) is 0 Å². The van der Waals surface area contributed by atoms with Crippen molar-refractivity contribution < 1.29 is 9.59 Å². The standard InChI is InChI=1S/C18H18ClN3O3S/c1-9-5-10(2)21-17(24)12(9)8-20-16(23)7-15-18(25)22-13-6-11(19)3-4-14(13)26-15/h3-6,15H,7-8H2,1-2H3,(H,20,23)(H,21,24)(H,22,25)/t15-/m1/s1. The fraction of sp³-hybridized carbons (Fsp3) is 0.278. The van der Waals surface area contributed by atoms with Crippen molar-refractivity contribution >= 4 is 40.9 Å². The number of nitrogens with one attached hydrogen (secondary N) is 3. The van der Waals surface area contributed by atoms with E-state index in [4.69, 9.17) is 11.6 Å². The van der Waals surface area contributed by atoms with Crippen molar-refractivity contribution in [3.05, 3.63) is 56.5 Å². The fourth-order valence-corrected chi connectivity index (χ4v) is 4.05. The minimum atomic E-state index is -0.527. The van der Waals surface area contributed by atoms with Gasteiger partial charge in [-0.3, -0.25) is 14.4 Å². The molecule has 2 heterocycles. The number of aromatic amines is 1. The second-order valence-corrected chi connectivity index (χ2v) is 7.84. The molecule has 1 atom stereocenters. The summed E-state index contributed by atoms with van der Waals surface area (Å²) in [6, 6.07) is 7.11. The van der Waals surface area contributed by atoms with Crippen LogP contribution in [0.1, 0.15) is 23.2 Å². The molecule has 0 fully saturated rings. The van der Waals surface area contributed by atoms with Crippen molar-refractivity contribution in [3.63, 3.8) is 0 Å². The third-order valence-corrected chi connectivity index (χ3v) is 5.60. The van der Waals surface area contributed by atoms with E-state index in [1.54, 1.807) is 19.1 Å². The first-order valence-corrected chi connectivity index (χ1v) is 9.32. The Bertz CT molecular complexity index is 942. The molecule has 1 aliphatic heterocycles. The highest BCUT2D eigenvalue weighted by Crippen LogP contribution is 2.38. The van der Waals surface area contributed by atoms with Gasteiger partial charge < -0.3 is 15.6 Å². The van der Waals surface area contributed by atoms with Gasteiger partial charge in [0.25, 0.3) is 5.56 Å². The molecule has 3 rings (SSSR count). The predicted octanol–water partition coefficient (Wildman–Crippen LogP) is 2.76. The van der Waals surface area contributed by atoms with Gasteiger partial charge in [-0.05, 0) is 43.7 Å². The van der Waals surface area contributed by atoms with Crippen LogP contribution in [-0.2, 0) is 16.1 Å². The van der Waals surface area contributed by atoms with Gasteiger partial charge in [-0.1, -0.05) is 11.6 Å². The van der Waals surface area contributed by atoms with Crippen LogP contribution >= 0.6 is 23.4 Å². The maximum atomic E-state index is 12.2. The zero-order valence-corrected chi connectivity index (χ0v) is 15.9. The zero-order valence-electron chi connectivity index (χ0n) is 14.3. The molecule has 0 aliphatic carbocycles. The molecule has 26 heavy (non-hydrogen) atoms. The molecule has 3 N–H and O–H groups in total. The van der Waals surface area contributed by atoms with Crippen molar-refractivity contribution in [1.29, 1.82) is 0 Å². The molecule has 2 amide bonds. The van der Waals surface area contributed by atoms with Crippen LogP contribution < -0.4 is 16.2 Å². The number of aromatic nitrogens is 1. The van der Waals surface area contributed by atoms with Crippen molar-refractivity contribution in [1.82, 2.24) is 10.3 Å². The summed E-state index contributed by atoms with van der Waals surface area (Å²) in [7, 11) is 0. The quantitative estimate of drug-likeness (QED) is 0.747. The number of fused-ring (bicyclic) bond motifs is 1. The van der Waals surface area contributed by atoms with E-state index < -0.39 is 5.25 Å². The number of hydrogen-bond acceptors (Lipinski definition) is 4. The Kier molecular flexibility index (Phi) is 5.38. The number of rotatable bonds is 4. The van der Waals surface area contributed by atoms with E-state index in [9.17, 15) is 14.4 Å². The van der Waals surface area contributed by atoms with E-state index in [1.807, 2.05) is 19.1 Å². The lowest BCUT2D eigenvalue weighted by molar-refractivity contribution is -0.124. The molecule has 0 bridgehead atoms. The van der Waals surface area contributed by atoms with Crippen LogP contribution in [0.3, 0.4) is 0 Å². The molecule has 1 aliphatic rings. The molecule has 0 saturated heterocycles. The van der Waals surface area contributed by atoms with Crippen molar-refractivity contribution in [2.45, 2.75) is 37.0 Å². The summed E-state index contributed by atoms with van der Waals surface area (Å²) in [6.45, 7) is 3.77. The Morgan fingerprint density at radius 2 is 2.04 bits per heavy atom. The van der Waals surface area contributed by atoms with E-state index in [0.29, 0.717) is 16.3 Å².